The van der Waals surface area contributed by atoms with Crippen molar-refractivity contribution in [1.29, 1.82) is 0 Å². The lowest BCUT2D eigenvalue weighted by molar-refractivity contribution is -0.120. The van der Waals surface area contributed by atoms with Crippen molar-refractivity contribution in [2.45, 2.75) is 26.2 Å². The lowest BCUT2D eigenvalue weighted by Gasteiger charge is -2.15. The van der Waals surface area contributed by atoms with E-state index < -0.39 is 0 Å². The van der Waals surface area contributed by atoms with E-state index in [4.69, 9.17) is 11.6 Å². The predicted octanol–water partition coefficient (Wildman–Crippen LogP) is 4.48. The highest BCUT2D eigenvalue weighted by molar-refractivity contribution is 9.10. The Labute approximate surface area is 115 Å². The van der Waals surface area contributed by atoms with Crippen LogP contribution in [0.1, 0.15) is 26.2 Å². The van der Waals surface area contributed by atoms with Gasteiger partial charge in [-0.3, -0.25) is 4.79 Å². The summed E-state index contributed by atoms with van der Waals surface area (Å²) in [6, 6.07) is 5.43. The van der Waals surface area contributed by atoms with Crippen LogP contribution < -0.4 is 5.32 Å². The molecule has 17 heavy (non-hydrogen) atoms. The van der Waals surface area contributed by atoms with E-state index in [9.17, 15) is 4.79 Å². The number of rotatable bonds is 2. The number of anilines is 1. The molecule has 2 unspecified atom stereocenters. The first-order valence-electron chi connectivity index (χ1n) is 5.84. The Morgan fingerprint density at radius 1 is 1.47 bits per heavy atom. The van der Waals surface area contributed by atoms with Gasteiger partial charge >= 0.3 is 0 Å². The zero-order chi connectivity index (χ0) is 12.4. The van der Waals surface area contributed by atoms with Gasteiger partial charge in [0.1, 0.15) is 0 Å². The number of hydrogen-bond donors (Lipinski definition) is 1. The first kappa shape index (κ1) is 12.9. The van der Waals surface area contributed by atoms with Gasteiger partial charge in [0.15, 0.2) is 0 Å². The number of nitrogens with one attached hydrogen (secondary N) is 1. The molecule has 4 heteroatoms. The van der Waals surface area contributed by atoms with Gasteiger partial charge in [0, 0.05) is 16.1 Å². The third kappa shape index (κ3) is 3.02. The van der Waals surface area contributed by atoms with Crippen molar-refractivity contribution < 1.29 is 4.79 Å². The third-order valence-electron chi connectivity index (χ3n) is 3.39. The van der Waals surface area contributed by atoms with E-state index in [0.29, 0.717) is 10.9 Å². The van der Waals surface area contributed by atoms with Crippen molar-refractivity contribution in [3.8, 4) is 0 Å². The minimum atomic E-state index is 0.129. The van der Waals surface area contributed by atoms with Crippen molar-refractivity contribution >= 4 is 39.1 Å². The molecular weight excluding hydrogens is 302 g/mol. The molecule has 0 bridgehead atoms. The molecule has 1 N–H and O–H groups in total. The third-order valence-corrected chi connectivity index (χ3v) is 4.60. The zero-order valence-corrected chi connectivity index (χ0v) is 12.0. The Hall–Kier alpha value is -0.540. The summed E-state index contributed by atoms with van der Waals surface area (Å²) in [6.45, 7) is 2.15. The summed E-state index contributed by atoms with van der Waals surface area (Å²) in [5.41, 5.74) is 0.797. The maximum absolute atomic E-state index is 12.1. The van der Waals surface area contributed by atoms with Crippen molar-refractivity contribution in [2.75, 3.05) is 5.32 Å². The van der Waals surface area contributed by atoms with Crippen LogP contribution in [0, 0.1) is 11.8 Å². The van der Waals surface area contributed by atoms with Gasteiger partial charge < -0.3 is 5.32 Å². The molecule has 1 fully saturated rings. The monoisotopic (exact) mass is 315 g/mol. The standard InChI is InChI=1S/C13H15BrClNO/c1-8-3-2-4-10(8)13(17)16-9-5-6-12(15)11(14)7-9/h5-8,10H,2-4H2,1H3,(H,16,17). The van der Waals surface area contributed by atoms with E-state index in [1.54, 1.807) is 6.07 Å². The number of halogens is 2. The average Bonchev–Trinajstić information content (AvgIpc) is 2.70. The minimum Gasteiger partial charge on any atom is -0.326 e. The maximum atomic E-state index is 12.1. The largest absolute Gasteiger partial charge is 0.326 e. The Morgan fingerprint density at radius 2 is 2.24 bits per heavy atom. The quantitative estimate of drug-likeness (QED) is 0.856. The molecule has 0 radical (unpaired) electrons. The fourth-order valence-corrected chi connectivity index (χ4v) is 2.84. The zero-order valence-electron chi connectivity index (χ0n) is 9.67. The summed E-state index contributed by atoms with van der Waals surface area (Å²) in [4.78, 5) is 12.1. The molecule has 0 saturated heterocycles. The van der Waals surface area contributed by atoms with Crippen LogP contribution in [0.3, 0.4) is 0 Å². The van der Waals surface area contributed by atoms with E-state index in [1.165, 1.54) is 0 Å². The SMILES string of the molecule is CC1CCCC1C(=O)Nc1ccc(Cl)c(Br)c1. The maximum Gasteiger partial charge on any atom is 0.227 e. The van der Waals surface area contributed by atoms with Gasteiger partial charge in [0.25, 0.3) is 0 Å². The second-order valence-corrected chi connectivity index (χ2v) is 5.89. The van der Waals surface area contributed by atoms with Crippen molar-refractivity contribution in [3.05, 3.63) is 27.7 Å². The van der Waals surface area contributed by atoms with Crippen molar-refractivity contribution in [1.82, 2.24) is 0 Å². The van der Waals surface area contributed by atoms with E-state index in [2.05, 4.69) is 28.2 Å². The Morgan fingerprint density at radius 3 is 2.82 bits per heavy atom. The van der Waals surface area contributed by atoms with Crippen LogP contribution in [0.25, 0.3) is 0 Å². The predicted molar refractivity (Wildman–Crippen MR) is 74.3 cm³/mol. The Bertz CT molecular complexity index is 435. The lowest BCUT2D eigenvalue weighted by Crippen LogP contribution is -2.24. The summed E-state index contributed by atoms with van der Waals surface area (Å²) in [7, 11) is 0. The van der Waals surface area contributed by atoms with Gasteiger partial charge in [-0.1, -0.05) is 24.9 Å². The van der Waals surface area contributed by atoms with Crippen LogP contribution in [0.5, 0.6) is 0 Å². The fraction of sp³-hybridized carbons (Fsp3) is 0.462. The second kappa shape index (κ2) is 5.40. The first-order valence-corrected chi connectivity index (χ1v) is 7.01. The molecule has 1 aromatic rings. The summed E-state index contributed by atoms with van der Waals surface area (Å²) >= 11 is 9.26. The molecule has 2 atom stereocenters. The number of amides is 1. The summed E-state index contributed by atoms with van der Waals surface area (Å²) in [5, 5.41) is 3.60. The highest BCUT2D eigenvalue weighted by Crippen LogP contribution is 2.32. The van der Waals surface area contributed by atoms with Crippen LogP contribution in [-0.4, -0.2) is 5.91 Å². The topological polar surface area (TPSA) is 29.1 Å². The van der Waals surface area contributed by atoms with E-state index in [1.807, 2.05) is 12.1 Å². The molecule has 0 aromatic heterocycles. The van der Waals surface area contributed by atoms with Crippen LogP contribution in [0.15, 0.2) is 22.7 Å². The summed E-state index contributed by atoms with van der Waals surface area (Å²) in [5.74, 6) is 0.777. The van der Waals surface area contributed by atoms with Crippen LogP contribution >= 0.6 is 27.5 Å². The minimum absolute atomic E-state index is 0.129. The van der Waals surface area contributed by atoms with Gasteiger partial charge in [-0.2, -0.15) is 0 Å². The summed E-state index contributed by atoms with van der Waals surface area (Å²) in [6.07, 6.45) is 3.31. The molecule has 1 aliphatic carbocycles. The van der Waals surface area contributed by atoms with Gasteiger partial charge in [0.2, 0.25) is 5.91 Å². The molecule has 2 nitrogen and oxygen atoms in total. The molecule has 0 spiro atoms. The van der Waals surface area contributed by atoms with Gasteiger partial charge in [-0.05, 0) is 52.9 Å². The molecule has 0 heterocycles. The average molecular weight is 317 g/mol. The second-order valence-electron chi connectivity index (χ2n) is 4.63. The van der Waals surface area contributed by atoms with E-state index in [-0.39, 0.29) is 11.8 Å². The van der Waals surface area contributed by atoms with Crippen LogP contribution in [-0.2, 0) is 4.79 Å². The van der Waals surface area contributed by atoms with E-state index in [0.717, 1.165) is 29.4 Å². The highest BCUT2D eigenvalue weighted by atomic mass is 79.9. The van der Waals surface area contributed by atoms with Crippen molar-refractivity contribution in [3.63, 3.8) is 0 Å². The summed E-state index contributed by atoms with van der Waals surface area (Å²) < 4.78 is 0.802. The van der Waals surface area contributed by atoms with Gasteiger partial charge in [0.05, 0.1) is 5.02 Å². The van der Waals surface area contributed by atoms with Crippen molar-refractivity contribution in [2.24, 2.45) is 11.8 Å². The van der Waals surface area contributed by atoms with Crippen LogP contribution in [0.2, 0.25) is 5.02 Å². The lowest BCUT2D eigenvalue weighted by atomic mass is 9.97. The molecular formula is C13H15BrClNO. The smallest absolute Gasteiger partial charge is 0.227 e. The first-order chi connectivity index (χ1) is 8.08. The molecule has 2 rings (SSSR count). The molecule has 1 aliphatic rings. The highest BCUT2D eigenvalue weighted by Gasteiger charge is 2.29. The molecule has 92 valence electrons. The molecule has 1 amide bonds. The van der Waals surface area contributed by atoms with Gasteiger partial charge in [-0.25, -0.2) is 0 Å². The molecule has 0 aliphatic heterocycles. The Kier molecular flexibility index (Phi) is 4.10. The molecule has 1 aromatic carbocycles. The Balaban J connectivity index is 2.05. The number of benzene rings is 1. The number of carbonyl (C=O) groups is 1. The number of carbonyl (C=O) groups excluding carboxylic acids is 1. The molecule has 1 saturated carbocycles. The van der Waals surface area contributed by atoms with E-state index >= 15 is 0 Å². The fourth-order valence-electron chi connectivity index (χ4n) is 2.34. The number of hydrogen-bond acceptors (Lipinski definition) is 1. The normalized spacial score (nSPS) is 23.7. The van der Waals surface area contributed by atoms with Gasteiger partial charge in [-0.15, -0.1) is 0 Å². The van der Waals surface area contributed by atoms with Crippen LogP contribution in [0.4, 0.5) is 5.69 Å².